The average molecular weight is 987 g/mol. The van der Waals surface area contributed by atoms with Crippen LogP contribution in [0.5, 0.6) is 11.5 Å². The molecule has 1 radical (unpaired) electrons. The number of rotatable bonds is 22. The fourth-order valence-electron chi connectivity index (χ4n) is 8.77. The third-order valence-corrected chi connectivity index (χ3v) is 30.7. The molecule has 0 aromatic heterocycles. The lowest BCUT2D eigenvalue weighted by molar-refractivity contribution is 0.0980. The molecular weight excluding hydrogens is 909 g/mol. The summed E-state index contributed by atoms with van der Waals surface area (Å²) in [6.07, 6.45) is 1.81. The molecule has 9 nitrogen and oxygen atoms in total. The number of hydrogen-bond donors (Lipinski definition) is 2. The number of carbonyl (C=O) groups is 2. The minimum Gasteiger partial charge on any atom is -0.494 e. The third kappa shape index (κ3) is 15.0. The Morgan fingerprint density at radius 3 is 1.31 bits per heavy atom. The van der Waals surface area contributed by atoms with E-state index in [9.17, 15) is 9.59 Å². The fourth-order valence-corrected chi connectivity index (χ4v) is 32.1. The van der Waals surface area contributed by atoms with Crippen LogP contribution >= 0.6 is 0 Å². The van der Waals surface area contributed by atoms with Crippen molar-refractivity contribution in [3.05, 3.63) is 105 Å². The highest BCUT2D eigenvalue weighted by Crippen LogP contribution is 2.41. The Morgan fingerprint density at radius 1 is 0.538 bits per heavy atom. The molecule has 1 aliphatic carbocycles. The van der Waals surface area contributed by atoms with E-state index >= 15 is 0 Å². The van der Waals surface area contributed by atoms with Gasteiger partial charge in [0.05, 0.1) is 35.7 Å². The minimum absolute atomic E-state index is 0.188. The van der Waals surface area contributed by atoms with E-state index in [1.807, 2.05) is 64.1 Å². The highest BCUT2D eigenvalue weighted by molar-refractivity contribution is 6.89. The predicted molar refractivity (Wildman–Crippen MR) is 287 cm³/mol. The first-order valence-corrected chi connectivity index (χ1v) is 41.6. The summed E-state index contributed by atoms with van der Waals surface area (Å²) in [6, 6.07) is 21.0. The first-order chi connectivity index (χ1) is 30.0. The molecule has 353 valence electrons. The van der Waals surface area contributed by atoms with Crippen molar-refractivity contribution in [1.82, 2.24) is 0 Å². The van der Waals surface area contributed by atoms with E-state index in [1.54, 1.807) is 12.1 Å². The molecule has 65 heavy (non-hydrogen) atoms. The van der Waals surface area contributed by atoms with Crippen LogP contribution in [0.15, 0.2) is 60.7 Å². The molecule has 0 spiro atoms. The lowest BCUT2D eigenvalue weighted by Crippen LogP contribution is -2.52. The number of benzene rings is 4. The van der Waals surface area contributed by atoms with Crippen molar-refractivity contribution >= 4 is 84.9 Å². The van der Waals surface area contributed by atoms with E-state index in [0.717, 1.165) is 70.1 Å². The molecule has 4 aromatic carbocycles. The topological polar surface area (TPSA) is 104 Å². The van der Waals surface area contributed by atoms with Crippen LogP contribution in [-0.2, 0) is 12.3 Å². The van der Waals surface area contributed by atoms with Gasteiger partial charge >= 0.3 is 8.56 Å². The van der Waals surface area contributed by atoms with Gasteiger partial charge in [0, 0.05) is 30.6 Å². The number of ether oxygens (including phenoxy) is 2. The quantitative estimate of drug-likeness (QED) is 0.0518. The summed E-state index contributed by atoms with van der Waals surface area (Å²) in [6.45, 7) is 39.1. The second-order valence-electron chi connectivity index (χ2n) is 22.2. The fraction of sp³-hybridized carbons (Fsp3) is 0.480. The summed E-state index contributed by atoms with van der Waals surface area (Å²) in [7, 11) is -9.66. The van der Waals surface area contributed by atoms with Gasteiger partial charge in [0.15, 0.2) is 45.6 Å². The maximum absolute atomic E-state index is 14.5. The molecule has 0 aliphatic heterocycles. The molecule has 0 fully saturated rings. The van der Waals surface area contributed by atoms with Crippen molar-refractivity contribution in [1.29, 1.82) is 0 Å². The Kier molecular flexibility index (Phi) is 16.9. The molecule has 1 aliphatic rings. The molecule has 0 heterocycles. The second kappa shape index (κ2) is 20.9. The van der Waals surface area contributed by atoms with E-state index in [2.05, 4.69) is 108 Å². The van der Waals surface area contributed by atoms with Gasteiger partial charge in [0.25, 0.3) is 0 Å². The molecule has 2 N–H and O–H groups in total. The van der Waals surface area contributed by atoms with Crippen LogP contribution in [0.4, 0.5) is 22.7 Å². The zero-order valence-electron chi connectivity index (χ0n) is 42.6. The molecular formula is C50H77N2O7Si6. The van der Waals surface area contributed by atoms with E-state index in [0.29, 0.717) is 46.8 Å². The Labute approximate surface area is 398 Å². The summed E-state index contributed by atoms with van der Waals surface area (Å²) in [5.74, 6) is 1.23. The Balaban J connectivity index is 1.35. The summed E-state index contributed by atoms with van der Waals surface area (Å²) in [5, 5.41) is 7.18. The number of fused-ring (bicyclic) bond motifs is 2. The summed E-state index contributed by atoms with van der Waals surface area (Å²) in [4.78, 5) is 29.0. The lowest BCUT2D eigenvalue weighted by Gasteiger charge is -2.38. The maximum atomic E-state index is 14.5. The van der Waals surface area contributed by atoms with Gasteiger partial charge in [0.1, 0.15) is 11.5 Å². The van der Waals surface area contributed by atoms with Crippen LogP contribution in [-0.4, -0.2) is 75.4 Å². The molecule has 0 saturated carbocycles. The number of carbonyl (C=O) groups excluding carboxylic acids is 2. The Morgan fingerprint density at radius 2 is 0.938 bits per heavy atom. The van der Waals surface area contributed by atoms with Gasteiger partial charge in [-0.25, -0.2) is 0 Å². The number of anilines is 4. The smallest absolute Gasteiger partial charge is 0.314 e. The van der Waals surface area contributed by atoms with Crippen molar-refractivity contribution in [2.45, 2.75) is 143 Å². The van der Waals surface area contributed by atoms with Crippen LogP contribution in [0.2, 0.25) is 103 Å². The summed E-state index contributed by atoms with van der Waals surface area (Å²) < 4.78 is 32.8. The second-order valence-corrected chi connectivity index (χ2v) is 48.2. The molecule has 0 unspecified atom stereocenters. The van der Waals surface area contributed by atoms with Gasteiger partial charge in [-0.1, -0.05) is 43.9 Å². The predicted octanol–water partition coefficient (Wildman–Crippen LogP) is 14.2. The zero-order valence-corrected chi connectivity index (χ0v) is 48.6. The molecule has 4 aromatic rings. The van der Waals surface area contributed by atoms with Gasteiger partial charge in [-0.15, -0.1) is 0 Å². The molecule has 0 amide bonds. The zero-order chi connectivity index (χ0) is 48.3. The van der Waals surface area contributed by atoms with Crippen molar-refractivity contribution < 1.29 is 31.4 Å². The lowest BCUT2D eigenvalue weighted by atomic mass is 9.82. The Bertz CT molecular complexity index is 2280. The highest BCUT2D eigenvalue weighted by atomic mass is 28.5. The van der Waals surface area contributed by atoms with Gasteiger partial charge in [0.2, 0.25) is 0 Å². The molecule has 0 bridgehead atoms. The van der Waals surface area contributed by atoms with E-state index in [4.69, 9.17) is 21.8 Å². The van der Waals surface area contributed by atoms with Crippen molar-refractivity contribution in [3.63, 3.8) is 0 Å². The number of ketones is 2. The van der Waals surface area contributed by atoms with E-state index in [-0.39, 0.29) is 11.6 Å². The van der Waals surface area contributed by atoms with Gasteiger partial charge in [-0.3, -0.25) is 9.59 Å². The van der Waals surface area contributed by atoms with Crippen LogP contribution in [0, 0.1) is 27.7 Å². The highest BCUT2D eigenvalue weighted by Gasteiger charge is 2.40. The van der Waals surface area contributed by atoms with Crippen LogP contribution < -0.4 is 20.1 Å². The van der Waals surface area contributed by atoms with Crippen molar-refractivity contribution in [2.75, 3.05) is 23.8 Å². The largest absolute Gasteiger partial charge is 0.494 e. The van der Waals surface area contributed by atoms with Gasteiger partial charge < -0.3 is 32.5 Å². The number of aryl methyl sites for hydroxylation is 4. The first-order valence-electron chi connectivity index (χ1n) is 23.3. The monoisotopic (exact) mass is 985 g/mol. The van der Waals surface area contributed by atoms with Gasteiger partial charge in [-0.2, -0.15) is 0 Å². The first kappa shape index (κ1) is 52.6. The maximum Gasteiger partial charge on any atom is 0.314 e. The van der Waals surface area contributed by atoms with Crippen LogP contribution in [0.25, 0.3) is 0 Å². The van der Waals surface area contributed by atoms with Crippen LogP contribution in [0.3, 0.4) is 0 Å². The number of nitrogens with one attached hydrogen (secondary N) is 2. The normalized spacial score (nSPS) is 13.5. The van der Waals surface area contributed by atoms with E-state index < -0.39 is 50.6 Å². The molecule has 0 saturated heterocycles. The Hall–Kier alpha value is -3.40. The van der Waals surface area contributed by atoms with Crippen molar-refractivity contribution in [3.8, 4) is 11.5 Å². The standard InChI is InChI=1S/C50H77N2O7Si6/c1-35-30-39(55-26-20-28-60(34-61(5,6)7)57-62(8,9)10)31-36(2)47(35)51-43-24-25-44(46-45(43)49(53)41-22-18-19-23-42(41)50(46)54)52-48-37(3)32-40(33-38(48)4)56-27-21-29-65(17,58-63(11,12)13)59-64(14,15)16/h18-19,22-25,30-33,51-52H,20-21,26-29,34H2,1-17H3. The van der Waals surface area contributed by atoms with Gasteiger partial charge in [-0.05, 0) is 182 Å². The minimum atomic E-state index is -2.36. The SMILES string of the molecule is Cc1cc(OCCC[Si](C[Si](C)(C)C)O[Si](C)(C)C)cc(C)c1Nc1ccc(Nc2c(C)cc(OCCC[Si](C)(O[Si](C)(C)C)O[Si](C)(C)C)cc2C)c2c1C(=O)c1ccccc1C2=O. The average Bonchev–Trinajstić information content (AvgIpc) is 3.14. The summed E-state index contributed by atoms with van der Waals surface area (Å²) >= 11 is 0. The number of hydrogen-bond acceptors (Lipinski definition) is 9. The molecule has 15 heteroatoms. The molecule has 0 atom stereocenters. The van der Waals surface area contributed by atoms with E-state index in [1.165, 1.54) is 5.67 Å². The van der Waals surface area contributed by atoms with Crippen molar-refractivity contribution in [2.24, 2.45) is 0 Å². The third-order valence-electron chi connectivity index (χ3n) is 10.7. The van der Waals surface area contributed by atoms with Crippen LogP contribution in [0.1, 0.15) is 66.9 Å². The molecule has 5 rings (SSSR count). The summed E-state index contributed by atoms with van der Waals surface area (Å²) in [5.41, 5.74) is 9.60.